The molecular weight excluding hydrogens is 781 g/mol. The summed E-state index contributed by atoms with van der Waals surface area (Å²) in [5.41, 5.74) is 3.33. The van der Waals surface area contributed by atoms with Crippen molar-refractivity contribution in [3.05, 3.63) is 43.2 Å². The van der Waals surface area contributed by atoms with Gasteiger partial charge in [0.05, 0.1) is 17.1 Å². The molecule has 4 aromatic rings. The van der Waals surface area contributed by atoms with Crippen molar-refractivity contribution in [2.45, 2.75) is 84.5 Å². The molecule has 0 saturated heterocycles. The monoisotopic (exact) mass is 817 g/mol. The lowest BCUT2D eigenvalue weighted by atomic mass is 10.1. The zero-order chi connectivity index (χ0) is 30.6. The molecule has 222 valence electrons. The molecule has 0 aliphatic rings. The first kappa shape index (κ1) is 32.3. The molecule has 41 heavy (non-hydrogen) atoms. The number of hydrogen-bond acceptors (Lipinski definition) is 5. The van der Waals surface area contributed by atoms with Crippen molar-refractivity contribution in [2.24, 2.45) is 0 Å². The fourth-order valence-electron chi connectivity index (χ4n) is 6.43. The average Bonchev–Trinajstić information content (AvgIpc) is 3.52. The van der Waals surface area contributed by atoms with E-state index in [0.29, 0.717) is 42.3 Å². The lowest BCUT2D eigenvalue weighted by molar-refractivity contribution is 0.0536. The van der Waals surface area contributed by atoms with Crippen LogP contribution in [0, 0.1) is 3.70 Å². The van der Waals surface area contributed by atoms with Gasteiger partial charge in [-0.25, -0.2) is 14.3 Å². The SMILES string of the molecule is COc1cc(Br)cc2c1c(-c1oc(-c3ccc(Br)n3C(=O)OC(C)(C)C)nc1I)cn2[Si](C(C)C)(C(C)C)C(C)C. The molecule has 0 radical (unpaired) electrons. The van der Waals surface area contributed by atoms with Crippen LogP contribution in [-0.4, -0.2) is 40.8 Å². The summed E-state index contributed by atoms with van der Waals surface area (Å²) in [7, 11) is -0.456. The molecule has 0 bridgehead atoms. The van der Waals surface area contributed by atoms with Crippen molar-refractivity contribution >= 4 is 79.7 Å². The second kappa shape index (κ2) is 11.8. The van der Waals surface area contributed by atoms with Gasteiger partial charge in [-0.3, -0.25) is 0 Å². The second-order valence-corrected chi connectivity index (χ2v) is 20.7. The maximum Gasteiger partial charge on any atom is 0.420 e. The fraction of sp³-hybridized carbons (Fsp3) is 0.467. The molecule has 0 aliphatic carbocycles. The first-order valence-electron chi connectivity index (χ1n) is 13.7. The smallest absolute Gasteiger partial charge is 0.420 e. The van der Waals surface area contributed by atoms with Crippen LogP contribution in [0.25, 0.3) is 33.8 Å². The average molecular weight is 819 g/mol. The summed E-state index contributed by atoms with van der Waals surface area (Å²) >= 11 is 9.43. The minimum absolute atomic E-state index is 0.332. The highest BCUT2D eigenvalue weighted by Crippen LogP contribution is 2.49. The van der Waals surface area contributed by atoms with Crippen LogP contribution >= 0.6 is 54.5 Å². The van der Waals surface area contributed by atoms with E-state index in [0.717, 1.165) is 26.7 Å². The second-order valence-electron chi connectivity index (χ2n) is 12.3. The standard InChI is InChI=1S/C30H38Br2IN3O4Si/c1-16(2)41(17(3)4,18(5)6)35-15-20(25-22(35)13-19(31)14-23(25)38-10)26-27(33)34-28(39-26)21-11-12-24(32)36(21)29(37)40-30(7,8)9/h11-18H,1-10H3. The predicted octanol–water partition coefficient (Wildman–Crippen LogP) is 10.7. The van der Waals surface area contributed by atoms with Gasteiger partial charge < -0.3 is 18.1 Å². The van der Waals surface area contributed by atoms with Gasteiger partial charge >= 0.3 is 6.09 Å². The third-order valence-electron chi connectivity index (χ3n) is 7.70. The van der Waals surface area contributed by atoms with E-state index in [4.69, 9.17) is 18.9 Å². The molecule has 0 aliphatic heterocycles. The van der Waals surface area contributed by atoms with Gasteiger partial charge in [-0.15, -0.1) is 0 Å². The van der Waals surface area contributed by atoms with Crippen LogP contribution in [0.15, 0.2) is 44.0 Å². The van der Waals surface area contributed by atoms with Crippen molar-refractivity contribution in [3.63, 3.8) is 0 Å². The van der Waals surface area contributed by atoms with Gasteiger partial charge in [0.25, 0.3) is 0 Å². The van der Waals surface area contributed by atoms with Gasteiger partial charge in [0.15, 0.2) is 14.0 Å². The van der Waals surface area contributed by atoms with E-state index in [1.54, 1.807) is 19.2 Å². The summed E-state index contributed by atoms with van der Waals surface area (Å²) in [5.74, 6) is 1.73. The Bertz CT molecular complexity index is 1580. The van der Waals surface area contributed by atoms with Gasteiger partial charge in [0.1, 0.15) is 20.7 Å². The number of carbonyl (C=O) groups is 1. The molecule has 1 aromatic carbocycles. The molecule has 0 N–H and O–H groups in total. The zero-order valence-corrected chi connectivity index (χ0v) is 31.6. The van der Waals surface area contributed by atoms with Crippen LogP contribution < -0.4 is 4.74 Å². The van der Waals surface area contributed by atoms with Crippen molar-refractivity contribution in [3.8, 4) is 28.7 Å². The number of benzene rings is 1. The number of halogens is 3. The molecular formula is C30H38Br2IN3O4Si. The predicted molar refractivity (Wildman–Crippen MR) is 184 cm³/mol. The van der Waals surface area contributed by atoms with E-state index < -0.39 is 19.9 Å². The Kier molecular flexibility index (Phi) is 9.34. The molecule has 0 fully saturated rings. The number of oxazole rings is 1. The normalized spacial score (nSPS) is 12.8. The Labute approximate surface area is 273 Å². The fourth-order valence-corrected chi connectivity index (χ4v) is 14.6. The molecule has 7 nitrogen and oxygen atoms in total. The number of ether oxygens (including phenoxy) is 2. The molecule has 0 saturated carbocycles. The number of rotatable bonds is 7. The Morgan fingerprint density at radius 2 is 1.66 bits per heavy atom. The van der Waals surface area contributed by atoms with E-state index in [2.05, 4.69) is 112 Å². The number of hydrogen-bond donors (Lipinski definition) is 0. The molecule has 3 heterocycles. The molecule has 0 amide bonds. The summed E-state index contributed by atoms with van der Waals surface area (Å²) in [6.45, 7) is 19.6. The van der Waals surface area contributed by atoms with Gasteiger partial charge in [0, 0.05) is 21.7 Å². The first-order valence-corrected chi connectivity index (χ1v) is 18.6. The summed E-state index contributed by atoms with van der Waals surface area (Å²) in [4.78, 5) is 17.9. The van der Waals surface area contributed by atoms with Gasteiger partial charge in [-0.1, -0.05) is 57.5 Å². The van der Waals surface area contributed by atoms with Crippen molar-refractivity contribution in [1.29, 1.82) is 0 Å². The molecule has 0 atom stereocenters. The lowest BCUT2D eigenvalue weighted by Crippen LogP contribution is -2.51. The van der Waals surface area contributed by atoms with E-state index in [9.17, 15) is 4.79 Å². The van der Waals surface area contributed by atoms with E-state index in [1.807, 2.05) is 26.8 Å². The highest BCUT2D eigenvalue weighted by atomic mass is 127. The van der Waals surface area contributed by atoms with Gasteiger partial charge in [-0.2, -0.15) is 0 Å². The minimum Gasteiger partial charge on any atom is -0.496 e. The number of methoxy groups -OCH3 is 1. The highest BCUT2D eigenvalue weighted by Gasteiger charge is 2.46. The van der Waals surface area contributed by atoms with Crippen LogP contribution in [0.3, 0.4) is 0 Å². The van der Waals surface area contributed by atoms with E-state index in [-0.39, 0.29) is 0 Å². The summed E-state index contributed by atoms with van der Waals surface area (Å²) in [5, 5.41) is 0.985. The maximum atomic E-state index is 13.1. The minimum atomic E-state index is -2.15. The van der Waals surface area contributed by atoms with Crippen molar-refractivity contribution in [2.75, 3.05) is 7.11 Å². The maximum absolute atomic E-state index is 13.1. The summed E-state index contributed by atoms with van der Waals surface area (Å²) in [6, 6.07) is 7.77. The Hall–Kier alpha value is -1.57. The largest absolute Gasteiger partial charge is 0.496 e. The molecule has 0 unspecified atom stereocenters. The molecule has 11 heteroatoms. The third-order valence-corrected chi connectivity index (χ3v) is 16.3. The highest BCUT2D eigenvalue weighted by molar-refractivity contribution is 14.1. The summed E-state index contributed by atoms with van der Waals surface area (Å²) < 4.78 is 24.3. The molecule has 4 rings (SSSR count). The lowest BCUT2D eigenvalue weighted by Gasteiger charge is -2.44. The van der Waals surface area contributed by atoms with Crippen LogP contribution in [0.4, 0.5) is 4.79 Å². The number of nitrogens with zero attached hydrogens (tertiary/aromatic N) is 3. The number of fused-ring (bicyclic) bond motifs is 1. The van der Waals surface area contributed by atoms with E-state index in [1.165, 1.54) is 4.57 Å². The zero-order valence-electron chi connectivity index (χ0n) is 25.2. The summed E-state index contributed by atoms with van der Waals surface area (Å²) in [6.07, 6.45) is 1.74. The molecule has 0 spiro atoms. The first-order chi connectivity index (χ1) is 19.0. The van der Waals surface area contributed by atoms with Crippen LogP contribution in [0.5, 0.6) is 5.75 Å². The van der Waals surface area contributed by atoms with Gasteiger partial charge in [0.2, 0.25) is 5.89 Å². The van der Waals surface area contributed by atoms with Crippen LogP contribution in [-0.2, 0) is 4.74 Å². The molecule has 3 aromatic heterocycles. The van der Waals surface area contributed by atoms with Crippen LogP contribution in [0.2, 0.25) is 16.6 Å². The van der Waals surface area contributed by atoms with Crippen molar-refractivity contribution in [1.82, 2.24) is 13.8 Å². The Morgan fingerprint density at radius 1 is 1.05 bits per heavy atom. The number of carbonyl (C=O) groups excluding carboxylic acids is 1. The van der Waals surface area contributed by atoms with E-state index >= 15 is 0 Å². The Morgan fingerprint density at radius 3 is 2.20 bits per heavy atom. The Balaban J connectivity index is 2.01. The van der Waals surface area contributed by atoms with Crippen LogP contribution in [0.1, 0.15) is 62.3 Å². The third kappa shape index (κ3) is 5.72. The van der Waals surface area contributed by atoms with Gasteiger partial charge in [-0.05, 0) is 100 Å². The topological polar surface area (TPSA) is 71.4 Å². The quantitative estimate of drug-likeness (QED) is 0.137. The number of aromatic nitrogens is 3. The van der Waals surface area contributed by atoms with Crippen molar-refractivity contribution < 1.29 is 18.7 Å².